The normalized spacial score (nSPS) is 11.2. The van der Waals surface area contributed by atoms with Crippen LogP contribution in [-0.2, 0) is 20.0 Å². The Morgan fingerprint density at radius 3 is 2.15 bits per heavy atom. The Morgan fingerprint density at radius 1 is 0.850 bits per heavy atom. The van der Waals surface area contributed by atoms with E-state index in [1.165, 1.54) is 83.0 Å². The third-order valence-electron chi connectivity index (χ3n) is 4.22. The third-order valence-corrected chi connectivity index (χ3v) is 4.22. The zero-order chi connectivity index (χ0) is 14.6. The van der Waals surface area contributed by atoms with E-state index in [0.717, 1.165) is 0 Å². The summed E-state index contributed by atoms with van der Waals surface area (Å²) >= 11 is 0. The second-order valence-electron chi connectivity index (χ2n) is 6.10. The molecule has 0 fully saturated rings. The van der Waals surface area contributed by atoms with Crippen LogP contribution in [0.5, 0.6) is 0 Å². The van der Waals surface area contributed by atoms with Gasteiger partial charge in [-0.25, -0.2) is 9.13 Å². The fraction of sp³-hybridized carbons (Fsp3) is 0.833. The third kappa shape index (κ3) is 6.58. The van der Waals surface area contributed by atoms with E-state index in [1.54, 1.807) is 0 Å². The molecule has 1 rings (SSSR count). The summed E-state index contributed by atoms with van der Waals surface area (Å²) in [5.41, 5.74) is 0. The van der Waals surface area contributed by atoms with Crippen molar-refractivity contribution in [3.05, 3.63) is 18.2 Å². The zero-order valence-electron chi connectivity index (χ0n) is 14.0. The molecule has 0 radical (unpaired) electrons. The molecule has 0 amide bonds. The van der Waals surface area contributed by atoms with Crippen molar-refractivity contribution in [2.24, 2.45) is 7.05 Å². The first-order valence-electron chi connectivity index (χ1n) is 8.83. The smallest absolute Gasteiger partial charge is 0.237 e. The van der Waals surface area contributed by atoms with Crippen LogP contribution in [0.1, 0.15) is 83.9 Å². The van der Waals surface area contributed by atoms with Crippen molar-refractivity contribution < 1.29 is 4.57 Å². The van der Waals surface area contributed by atoms with E-state index in [4.69, 9.17) is 0 Å². The van der Waals surface area contributed by atoms with Crippen LogP contribution >= 0.6 is 0 Å². The van der Waals surface area contributed by atoms with Crippen LogP contribution < -0.4 is 4.57 Å². The first-order chi connectivity index (χ1) is 9.79. The molecule has 0 atom stereocenters. The number of aromatic nitrogens is 2. The number of imidazole rings is 1. The summed E-state index contributed by atoms with van der Waals surface area (Å²) in [6, 6.07) is 0. The van der Waals surface area contributed by atoms with Crippen LogP contribution in [0.3, 0.4) is 0 Å². The van der Waals surface area contributed by atoms with Gasteiger partial charge in [-0.3, -0.25) is 0 Å². The summed E-state index contributed by atoms with van der Waals surface area (Å²) in [7, 11) is 2.19. The van der Waals surface area contributed by atoms with Crippen LogP contribution in [0.15, 0.2) is 12.4 Å². The van der Waals surface area contributed by atoms with Gasteiger partial charge in [0.25, 0.3) is 5.82 Å². The standard InChI is InChI=1S/C18H35N2/c1-4-6-8-10-11-12-14-18-19(3)16-17-20(18)15-13-9-7-5-2/h16-17H,4-15H2,1-3H3/q+1. The van der Waals surface area contributed by atoms with Crippen molar-refractivity contribution in [2.75, 3.05) is 0 Å². The number of aryl methyl sites for hydroxylation is 2. The number of unbranched alkanes of at least 4 members (excludes halogenated alkanes) is 8. The average molecular weight is 279 g/mol. The van der Waals surface area contributed by atoms with Gasteiger partial charge in [-0.2, -0.15) is 0 Å². The second kappa shape index (κ2) is 10.9. The minimum absolute atomic E-state index is 1.20. The highest BCUT2D eigenvalue weighted by Gasteiger charge is 2.13. The highest BCUT2D eigenvalue weighted by molar-refractivity contribution is 4.82. The molecule has 0 aliphatic rings. The number of rotatable bonds is 12. The number of hydrogen-bond donors (Lipinski definition) is 0. The lowest BCUT2D eigenvalue weighted by Crippen LogP contribution is -2.37. The quantitative estimate of drug-likeness (QED) is 0.384. The molecule has 1 heterocycles. The molecule has 0 unspecified atom stereocenters. The van der Waals surface area contributed by atoms with Gasteiger partial charge in [0, 0.05) is 6.42 Å². The van der Waals surface area contributed by atoms with Gasteiger partial charge < -0.3 is 0 Å². The molecule has 0 saturated heterocycles. The van der Waals surface area contributed by atoms with Crippen LogP contribution in [0.2, 0.25) is 0 Å². The second-order valence-corrected chi connectivity index (χ2v) is 6.10. The minimum Gasteiger partial charge on any atom is -0.237 e. The Hall–Kier alpha value is -0.790. The van der Waals surface area contributed by atoms with Crippen molar-refractivity contribution in [1.29, 1.82) is 0 Å². The van der Waals surface area contributed by atoms with Crippen molar-refractivity contribution in [1.82, 2.24) is 4.57 Å². The molecule has 0 N–H and O–H groups in total. The van der Waals surface area contributed by atoms with Crippen LogP contribution in [-0.4, -0.2) is 4.57 Å². The van der Waals surface area contributed by atoms with Gasteiger partial charge in [0.15, 0.2) is 0 Å². The average Bonchev–Trinajstić information content (AvgIpc) is 2.80. The van der Waals surface area contributed by atoms with Crippen LogP contribution in [0.25, 0.3) is 0 Å². The predicted molar refractivity (Wildman–Crippen MR) is 86.8 cm³/mol. The molecule has 1 aromatic rings. The Morgan fingerprint density at radius 2 is 1.45 bits per heavy atom. The van der Waals surface area contributed by atoms with Crippen molar-refractivity contribution in [3.63, 3.8) is 0 Å². The first kappa shape index (κ1) is 17.3. The minimum atomic E-state index is 1.20. The fourth-order valence-corrected chi connectivity index (χ4v) is 2.85. The first-order valence-corrected chi connectivity index (χ1v) is 8.83. The van der Waals surface area contributed by atoms with E-state index in [2.05, 4.69) is 42.4 Å². The molecule has 0 saturated carbocycles. The Kier molecular flexibility index (Phi) is 9.44. The maximum atomic E-state index is 2.47. The molecule has 20 heavy (non-hydrogen) atoms. The van der Waals surface area contributed by atoms with E-state index in [1.807, 2.05) is 0 Å². The lowest BCUT2D eigenvalue weighted by atomic mass is 10.1. The predicted octanol–water partition coefficient (Wildman–Crippen LogP) is 4.80. The zero-order valence-corrected chi connectivity index (χ0v) is 14.0. The largest absolute Gasteiger partial charge is 0.256 e. The van der Waals surface area contributed by atoms with E-state index in [0.29, 0.717) is 0 Å². The highest BCUT2D eigenvalue weighted by atomic mass is 15.1. The summed E-state index contributed by atoms with van der Waals surface area (Å²) < 4.78 is 4.79. The molecular formula is C18H35N2+. The molecule has 0 bridgehead atoms. The Balaban J connectivity index is 2.27. The van der Waals surface area contributed by atoms with Gasteiger partial charge in [0.2, 0.25) is 0 Å². The van der Waals surface area contributed by atoms with Crippen molar-refractivity contribution in [3.8, 4) is 0 Å². The van der Waals surface area contributed by atoms with Crippen molar-refractivity contribution in [2.45, 2.75) is 91.0 Å². The van der Waals surface area contributed by atoms with Crippen LogP contribution in [0, 0.1) is 0 Å². The molecule has 116 valence electrons. The summed E-state index contributed by atoms with van der Waals surface area (Å²) in [5, 5.41) is 0. The lowest BCUT2D eigenvalue weighted by molar-refractivity contribution is -0.704. The van der Waals surface area contributed by atoms with E-state index >= 15 is 0 Å². The molecule has 0 spiro atoms. The van der Waals surface area contributed by atoms with E-state index in [9.17, 15) is 0 Å². The maximum Gasteiger partial charge on any atom is 0.256 e. The van der Waals surface area contributed by atoms with Gasteiger partial charge in [-0.05, 0) is 19.3 Å². The van der Waals surface area contributed by atoms with Crippen molar-refractivity contribution >= 4 is 0 Å². The summed E-state index contributed by atoms with van der Waals surface area (Å²) in [6.45, 7) is 5.76. The summed E-state index contributed by atoms with van der Waals surface area (Å²) in [4.78, 5) is 0. The Bertz CT molecular complexity index is 341. The molecule has 0 aliphatic carbocycles. The molecule has 0 aromatic carbocycles. The van der Waals surface area contributed by atoms with E-state index in [-0.39, 0.29) is 0 Å². The van der Waals surface area contributed by atoms with Gasteiger partial charge in [0.05, 0.1) is 13.6 Å². The summed E-state index contributed by atoms with van der Waals surface area (Å²) in [5.74, 6) is 1.51. The van der Waals surface area contributed by atoms with Crippen LogP contribution in [0.4, 0.5) is 0 Å². The van der Waals surface area contributed by atoms with Gasteiger partial charge in [0.1, 0.15) is 12.4 Å². The SMILES string of the molecule is CCCCCCCCc1n(C)cc[n+]1CCCCCC. The molecule has 2 heteroatoms. The molecule has 2 nitrogen and oxygen atoms in total. The highest BCUT2D eigenvalue weighted by Crippen LogP contribution is 2.08. The molecule has 0 aliphatic heterocycles. The number of nitrogens with zero attached hydrogens (tertiary/aromatic N) is 2. The fourth-order valence-electron chi connectivity index (χ4n) is 2.85. The van der Waals surface area contributed by atoms with Gasteiger partial charge in [-0.1, -0.05) is 58.8 Å². The lowest BCUT2D eigenvalue weighted by Gasteiger charge is -2.04. The maximum absolute atomic E-state index is 2.47. The molecular weight excluding hydrogens is 244 g/mol. The monoisotopic (exact) mass is 279 g/mol. The molecule has 1 aromatic heterocycles. The van der Waals surface area contributed by atoms with Gasteiger partial charge in [-0.15, -0.1) is 0 Å². The topological polar surface area (TPSA) is 8.81 Å². The summed E-state index contributed by atoms with van der Waals surface area (Å²) in [6.07, 6.45) is 19.4. The number of hydrogen-bond acceptors (Lipinski definition) is 0. The Labute approximate surface area is 126 Å². The van der Waals surface area contributed by atoms with Gasteiger partial charge >= 0.3 is 0 Å². The van der Waals surface area contributed by atoms with E-state index < -0.39 is 0 Å².